The molecule has 1 aromatic carbocycles. The monoisotopic (exact) mass is 621 g/mol. The second-order valence-corrected chi connectivity index (χ2v) is 7.61. The predicted molar refractivity (Wildman–Crippen MR) is 124 cm³/mol. The van der Waals surface area contributed by atoms with Gasteiger partial charge in [0.25, 0.3) is 0 Å². The Morgan fingerprint density at radius 2 is 1.68 bits per heavy atom. The average molecular weight is 622 g/mol. The normalized spacial score (nSPS) is 11.6. The Kier molecular flexibility index (Phi) is 13.5. The van der Waals surface area contributed by atoms with E-state index in [2.05, 4.69) is 31.1 Å². The molecule has 0 radical (unpaired) electrons. The maximum absolute atomic E-state index is 13.3. The predicted octanol–water partition coefficient (Wildman–Crippen LogP) is 3.75. The van der Waals surface area contributed by atoms with Crippen LogP contribution in [0.25, 0.3) is 0 Å². The highest BCUT2D eigenvalue weighted by Crippen LogP contribution is 2.20. The first-order chi connectivity index (χ1) is 19.1. The molecule has 0 saturated carbocycles. The van der Waals surface area contributed by atoms with Crippen molar-refractivity contribution in [3.05, 3.63) is 59.1 Å². The number of anilines is 1. The van der Waals surface area contributed by atoms with Crippen LogP contribution >= 0.6 is 11.6 Å². The molecule has 0 atom stereocenters. The molecule has 0 spiro atoms. The number of aromatic nitrogens is 4. The Bertz CT molecular complexity index is 1260. The van der Waals surface area contributed by atoms with Crippen molar-refractivity contribution in [2.24, 2.45) is 5.16 Å². The third-order valence-corrected chi connectivity index (χ3v) is 4.46. The van der Waals surface area contributed by atoms with Crippen molar-refractivity contribution in [3.8, 4) is 0 Å². The van der Waals surface area contributed by atoms with Crippen LogP contribution in [0.4, 0.5) is 36.4 Å². The van der Waals surface area contributed by atoms with Gasteiger partial charge in [0.2, 0.25) is 5.84 Å². The molecule has 0 fully saturated rings. The summed E-state index contributed by atoms with van der Waals surface area (Å²) in [4.78, 5) is 21.8. The number of imidazole rings is 1. The summed E-state index contributed by atoms with van der Waals surface area (Å²) in [6.07, 6.45) is -3.88. The SMILES string of the molecule is O/N=C(/Nc1ccc(F)c(Cl)c1)c1nonc1CNCCCn1ccnc1.O=C(O)C(F)(F)F.O=C(O)C(F)(F)F. The van der Waals surface area contributed by atoms with Crippen LogP contribution in [0.5, 0.6) is 0 Å². The smallest absolute Gasteiger partial charge is 0.475 e. The summed E-state index contributed by atoms with van der Waals surface area (Å²) in [7, 11) is 0. The van der Waals surface area contributed by atoms with Crippen LogP contribution in [0.1, 0.15) is 17.8 Å². The standard InChI is InChI=1S/C16H17ClFN7O2.2C2HF3O2/c17-12-8-11(2-3-13(12)18)21-16(22-26)15-14(23-27-24-15)9-19-4-1-6-25-7-5-20-10-25;2*3-2(4,5)1(6)7/h2-3,5,7-8,10,19,26H,1,4,6,9H2,(H,21,22);2*(H,6,7). The number of nitrogens with zero attached hydrogens (tertiary/aromatic N) is 5. The van der Waals surface area contributed by atoms with Gasteiger partial charge in [0.05, 0.1) is 11.3 Å². The van der Waals surface area contributed by atoms with Crippen LogP contribution in [-0.4, -0.2) is 72.0 Å². The number of benzene rings is 1. The molecule has 41 heavy (non-hydrogen) atoms. The van der Waals surface area contributed by atoms with E-state index in [0.717, 1.165) is 19.5 Å². The van der Waals surface area contributed by atoms with Crippen LogP contribution in [0, 0.1) is 5.82 Å². The highest BCUT2D eigenvalue weighted by molar-refractivity contribution is 6.31. The first-order valence-electron chi connectivity index (χ1n) is 10.6. The zero-order chi connectivity index (χ0) is 31.2. The second-order valence-electron chi connectivity index (χ2n) is 7.20. The van der Waals surface area contributed by atoms with E-state index in [1.165, 1.54) is 18.2 Å². The summed E-state index contributed by atoms with van der Waals surface area (Å²) >= 11 is 5.75. The molecule has 5 N–H and O–H groups in total. The maximum Gasteiger partial charge on any atom is 0.490 e. The van der Waals surface area contributed by atoms with Gasteiger partial charge in [-0.25, -0.2) is 23.6 Å². The number of hydrogen-bond donors (Lipinski definition) is 5. The lowest BCUT2D eigenvalue weighted by atomic mass is 10.2. The Balaban J connectivity index is 0.000000497. The van der Waals surface area contributed by atoms with Gasteiger partial charge in [-0.2, -0.15) is 26.3 Å². The molecular formula is C20H19ClF7N7O6. The van der Waals surface area contributed by atoms with Crippen LogP contribution in [0.2, 0.25) is 5.02 Å². The number of rotatable bonds is 8. The largest absolute Gasteiger partial charge is 0.490 e. The van der Waals surface area contributed by atoms with Gasteiger partial charge in [0, 0.05) is 31.2 Å². The molecule has 0 aliphatic carbocycles. The number of alkyl halides is 6. The van der Waals surface area contributed by atoms with Crippen LogP contribution < -0.4 is 10.6 Å². The molecule has 3 rings (SSSR count). The number of nitrogens with one attached hydrogen (secondary N) is 2. The molecule has 226 valence electrons. The van der Waals surface area contributed by atoms with E-state index in [0.29, 0.717) is 17.9 Å². The fourth-order valence-corrected chi connectivity index (χ4v) is 2.54. The number of aliphatic carboxylic acids is 2. The molecule has 0 bridgehead atoms. The summed E-state index contributed by atoms with van der Waals surface area (Å²) in [6.45, 7) is 1.94. The number of carboxylic acid groups (broad SMARTS) is 2. The highest BCUT2D eigenvalue weighted by Gasteiger charge is 2.38. The van der Waals surface area contributed by atoms with E-state index >= 15 is 0 Å². The Morgan fingerprint density at radius 1 is 1.07 bits per heavy atom. The topological polar surface area (TPSA) is 188 Å². The molecule has 0 unspecified atom stereocenters. The van der Waals surface area contributed by atoms with Crippen LogP contribution in [-0.2, 0) is 22.7 Å². The molecule has 2 aromatic heterocycles. The van der Waals surface area contributed by atoms with Crippen molar-refractivity contribution < 1.29 is 60.4 Å². The molecule has 3 aromatic rings. The minimum Gasteiger partial charge on any atom is -0.475 e. The van der Waals surface area contributed by atoms with Crippen molar-refractivity contribution in [2.45, 2.75) is 31.9 Å². The lowest BCUT2D eigenvalue weighted by Gasteiger charge is -2.08. The summed E-state index contributed by atoms with van der Waals surface area (Å²) in [6, 6.07) is 4.01. The zero-order valence-electron chi connectivity index (χ0n) is 20.1. The Labute approximate surface area is 229 Å². The van der Waals surface area contributed by atoms with Crippen molar-refractivity contribution in [1.29, 1.82) is 0 Å². The van der Waals surface area contributed by atoms with Crippen molar-refractivity contribution in [1.82, 2.24) is 25.2 Å². The maximum atomic E-state index is 13.3. The quantitative estimate of drug-likeness (QED) is 0.0615. The fraction of sp³-hybridized carbons (Fsp3) is 0.300. The molecular weight excluding hydrogens is 603 g/mol. The van der Waals surface area contributed by atoms with Gasteiger partial charge < -0.3 is 30.6 Å². The van der Waals surface area contributed by atoms with Gasteiger partial charge in [-0.3, -0.25) is 0 Å². The van der Waals surface area contributed by atoms with Gasteiger partial charge in [-0.15, -0.1) is 0 Å². The molecule has 21 heteroatoms. The third-order valence-electron chi connectivity index (χ3n) is 4.17. The third kappa shape index (κ3) is 13.0. The number of carbonyl (C=O) groups is 2. The summed E-state index contributed by atoms with van der Waals surface area (Å²) in [5.41, 5.74) is 1.13. The van der Waals surface area contributed by atoms with Crippen molar-refractivity contribution >= 4 is 35.1 Å². The van der Waals surface area contributed by atoms with Crippen molar-refractivity contribution in [2.75, 3.05) is 11.9 Å². The van der Waals surface area contributed by atoms with Gasteiger partial charge in [-0.1, -0.05) is 21.9 Å². The van der Waals surface area contributed by atoms with E-state index in [-0.39, 0.29) is 16.6 Å². The number of aryl methyl sites for hydroxylation is 1. The van der Waals surface area contributed by atoms with Gasteiger partial charge in [-0.05, 0) is 36.3 Å². The Morgan fingerprint density at radius 3 is 2.17 bits per heavy atom. The minimum atomic E-state index is -5.08. The van der Waals surface area contributed by atoms with Crippen LogP contribution in [0.3, 0.4) is 0 Å². The van der Waals surface area contributed by atoms with E-state index in [9.17, 15) is 35.9 Å². The first-order valence-corrected chi connectivity index (χ1v) is 11.0. The zero-order valence-corrected chi connectivity index (χ0v) is 20.9. The van der Waals surface area contributed by atoms with E-state index < -0.39 is 30.1 Å². The van der Waals surface area contributed by atoms with Crippen LogP contribution in [0.15, 0.2) is 46.7 Å². The number of halogens is 8. The molecule has 0 aliphatic rings. The van der Waals surface area contributed by atoms with E-state index in [1.54, 1.807) is 12.5 Å². The number of carboxylic acids is 2. The summed E-state index contributed by atoms with van der Waals surface area (Å²) in [5, 5.41) is 40.3. The molecule has 0 amide bonds. The molecule has 2 heterocycles. The average Bonchev–Trinajstić information content (AvgIpc) is 3.56. The van der Waals surface area contributed by atoms with Gasteiger partial charge >= 0.3 is 24.3 Å². The minimum absolute atomic E-state index is 0.00846. The molecule has 0 saturated heterocycles. The number of oxime groups is 1. The van der Waals surface area contributed by atoms with Gasteiger partial charge in [0.15, 0.2) is 5.69 Å². The lowest BCUT2D eigenvalue weighted by molar-refractivity contribution is -0.193. The van der Waals surface area contributed by atoms with Crippen molar-refractivity contribution in [3.63, 3.8) is 0 Å². The summed E-state index contributed by atoms with van der Waals surface area (Å²) < 4.78 is 83.5. The summed E-state index contributed by atoms with van der Waals surface area (Å²) in [5.74, 6) is -6.05. The first kappa shape index (κ1) is 34.6. The number of amidine groups is 1. The van der Waals surface area contributed by atoms with E-state index in [4.69, 9.17) is 36.0 Å². The number of hydrogen-bond acceptors (Lipinski definition) is 9. The second kappa shape index (κ2) is 16.0. The highest BCUT2D eigenvalue weighted by atomic mass is 35.5. The molecule has 13 nitrogen and oxygen atoms in total. The molecule has 0 aliphatic heterocycles. The van der Waals surface area contributed by atoms with Gasteiger partial charge in [0.1, 0.15) is 11.5 Å². The fourth-order valence-electron chi connectivity index (χ4n) is 2.36. The lowest BCUT2D eigenvalue weighted by Crippen LogP contribution is -2.21. The Hall–Kier alpha value is -4.46. The van der Waals surface area contributed by atoms with E-state index in [1.807, 2.05) is 10.8 Å².